The van der Waals surface area contributed by atoms with E-state index in [9.17, 15) is 14.7 Å². The molecule has 0 amide bonds. The molecule has 1 N–H and O–H groups in total. The maximum Gasteiger partial charge on any atom is 0.336 e. The molecule has 2 aromatic rings. The van der Waals surface area contributed by atoms with Gasteiger partial charge in [-0.3, -0.25) is 4.99 Å². The van der Waals surface area contributed by atoms with E-state index < -0.39 is 18.0 Å². The summed E-state index contributed by atoms with van der Waals surface area (Å²) in [6, 6.07) is 9.67. The molecule has 2 rings (SSSR count). The van der Waals surface area contributed by atoms with Crippen molar-refractivity contribution in [1.82, 2.24) is 0 Å². The monoisotopic (exact) mass is 489 g/mol. The Kier molecular flexibility index (Phi) is 8.81. The number of benzene rings is 2. The summed E-state index contributed by atoms with van der Waals surface area (Å²) in [5.74, 6) is -0.552. The minimum Gasteiger partial charge on any atom is -0.497 e. The van der Waals surface area contributed by atoms with Gasteiger partial charge in [0.2, 0.25) is 0 Å². The second-order valence-corrected chi connectivity index (χ2v) is 7.72. The largest absolute Gasteiger partial charge is 0.497 e. The number of nitrogens with zero attached hydrogens (tertiary/aromatic N) is 1. The number of halogens is 1. The maximum absolute atomic E-state index is 12.3. The average molecular weight is 490 g/mol. The predicted octanol–water partition coefficient (Wildman–Crippen LogP) is 4.61. The Morgan fingerprint density at radius 3 is 2.45 bits per heavy atom. The van der Waals surface area contributed by atoms with Gasteiger partial charge in [0.05, 0.1) is 18.7 Å². The van der Waals surface area contributed by atoms with Gasteiger partial charge < -0.3 is 19.3 Å². The number of carboxylic acids is 1. The highest BCUT2D eigenvalue weighted by atomic mass is 79.9. The number of aliphatic imine (C=N–C) groups is 1. The van der Waals surface area contributed by atoms with Crippen LogP contribution in [0.5, 0.6) is 17.2 Å². The summed E-state index contributed by atoms with van der Waals surface area (Å²) in [7, 11) is 3.01. The quantitative estimate of drug-likeness (QED) is 0.239. The van der Waals surface area contributed by atoms with E-state index in [1.54, 1.807) is 45.2 Å². The van der Waals surface area contributed by atoms with Crippen LogP contribution in [0.25, 0.3) is 6.08 Å². The summed E-state index contributed by atoms with van der Waals surface area (Å²) >= 11 is 3.37. The van der Waals surface area contributed by atoms with Crippen LogP contribution < -0.4 is 14.2 Å². The Morgan fingerprint density at radius 2 is 1.84 bits per heavy atom. The highest BCUT2D eigenvalue weighted by Crippen LogP contribution is 2.36. The van der Waals surface area contributed by atoms with Crippen LogP contribution in [0.4, 0.5) is 0 Å². The highest BCUT2D eigenvalue weighted by Gasteiger charge is 2.20. The van der Waals surface area contributed by atoms with Crippen molar-refractivity contribution < 1.29 is 28.9 Å². The molecule has 0 saturated heterocycles. The Bertz CT molecular complexity index is 1000. The van der Waals surface area contributed by atoms with Crippen LogP contribution >= 0.6 is 15.9 Å². The van der Waals surface area contributed by atoms with Crippen LogP contribution in [0.2, 0.25) is 0 Å². The Labute approximate surface area is 189 Å². The fourth-order valence-corrected chi connectivity index (χ4v) is 3.19. The lowest BCUT2D eigenvalue weighted by Gasteiger charge is -2.13. The Morgan fingerprint density at radius 1 is 1.10 bits per heavy atom. The van der Waals surface area contributed by atoms with Crippen molar-refractivity contribution in [2.45, 2.75) is 19.9 Å². The average Bonchev–Trinajstić information content (AvgIpc) is 2.73. The van der Waals surface area contributed by atoms with Gasteiger partial charge in [0.1, 0.15) is 11.8 Å². The smallest absolute Gasteiger partial charge is 0.336 e. The van der Waals surface area contributed by atoms with E-state index in [1.165, 1.54) is 19.4 Å². The van der Waals surface area contributed by atoms with E-state index in [4.69, 9.17) is 14.2 Å². The van der Waals surface area contributed by atoms with E-state index >= 15 is 0 Å². The van der Waals surface area contributed by atoms with Gasteiger partial charge in [0.25, 0.3) is 0 Å². The van der Waals surface area contributed by atoms with Gasteiger partial charge >= 0.3 is 11.9 Å². The van der Waals surface area contributed by atoms with Gasteiger partial charge in [-0.15, -0.1) is 0 Å². The molecule has 1 unspecified atom stereocenters. The zero-order valence-corrected chi connectivity index (χ0v) is 19.3. The molecule has 0 aliphatic rings. The van der Waals surface area contributed by atoms with E-state index in [1.807, 2.05) is 18.2 Å². The fraction of sp³-hybridized carbons (Fsp3) is 0.261. The normalized spacial score (nSPS) is 12.3. The first-order chi connectivity index (χ1) is 14.7. The van der Waals surface area contributed by atoms with Crippen molar-refractivity contribution in [1.29, 1.82) is 0 Å². The van der Waals surface area contributed by atoms with Crippen molar-refractivity contribution in [3.05, 3.63) is 58.1 Å². The van der Waals surface area contributed by atoms with Crippen LogP contribution in [-0.2, 0) is 9.59 Å². The number of esters is 1. The number of ether oxygens (including phenoxy) is 3. The Balaban J connectivity index is 2.20. The SMILES string of the molecule is COc1cccc(/C=C/C(=O)Oc2c(Br)cc(/C=N/C(C(=O)O)C(C)C)cc2OC)c1. The highest BCUT2D eigenvalue weighted by molar-refractivity contribution is 9.10. The van der Waals surface area contributed by atoms with Crippen LogP contribution in [-0.4, -0.2) is 43.5 Å². The first kappa shape index (κ1) is 24.1. The molecule has 0 bridgehead atoms. The lowest BCUT2D eigenvalue weighted by Crippen LogP contribution is -2.24. The summed E-state index contributed by atoms with van der Waals surface area (Å²) < 4.78 is 16.4. The van der Waals surface area contributed by atoms with Gasteiger partial charge in [-0.1, -0.05) is 26.0 Å². The molecule has 8 heteroatoms. The lowest BCUT2D eigenvalue weighted by molar-refractivity contribution is -0.139. The van der Waals surface area contributed by atoms with Gasteiger partial charge in [0, 0.05) is 12.3 Å². The second-order valence-electron chi connectivity index (χ2n) is 6.87. The van der Waals surface area contributed by atoms with Crippen molar-refractivity contribution in [2.75, 3.05) is 14.2 Å². The summed E-state index contributed by atoms with van der Waals surface area (Å²) in [4.78, 5) is 27.8. The van der Waals surface area contributed by atoms with Crippen molar-refractivity contribution in [3.63, 3.8) is 0 Å². The summed E-state index contributed by atoms with van der Waals surface area (Å²) in [6.07, 6.45) is 4.38. The number of carbonyl (C=O) groups is 2. The van der Waals surface area contributed by atoms with Crippen molar-refractivity contribution in [3.8, 4) is 17.2 Å². The first-order valence-electron chi connectivity index (χ1n) is 9.42. The number of methoxy groups -OCH3 is 2. The third kappa shape index (κ3) is 6.96. The van der Waals surface area contributed by atoms with E-state index in [0.717, 1.165) is 5.56 Å². The molecule has 0 saturated carbocycles. The molecule has 0 radical (unpaired) electrons. The molecule has 164 valence electrons. The summed E-state index contributed by atoms with van der Waals surface area (Å²) in [5, 5.41) is 9.26. The maximum atomic E-state index is 12.3. The summed E-state index contributed by atoms with van der Waals surface area (Å²) in [5.41, 5.74) is 1.38. The first-order valence-corrected chi connectivity index (χ1v) is 10.2. The zero-order chi connectivity index (χ0) is 23.0. The van der Waals surface area contributed by atoms with Crippen LogP contribution in [0, 0.1) is 5.92 Å². The molecule has 0 fully saturated rings. The second kappa shape index (κ2) is 11.3. The molecule has 7 nitrogen and oxygen atoms in total. The minimum absolute atomic E-state index is 0.157. The van der Waals surface area contributed by atoms with Crippen LogP contribution in [0.15, 0.2) is 51.9 Å². The molecule has 31 heavy (non-hydrogen) atoms. The van der Waals surface area contributed by atoms with E-state index in [2.05, 4.69) is 20.9 Å². The van der Waals surface area contributed by atoms with Gasteiger partial charge in [-0.25, -0.2) is 9.59 Å². The molecular weight excluding hydrogens is 466 g/mol. The minimum atomic E-state index is -0.995. The molecule has 1 atom stereocenters. The standard InChI is InChI=1S/C23H24BrNO6/c1-14(2)21(23(27)28)25-13-16-11-18(24)22(19(12-16)30-4)31-20(26)9-8-15-6-5-7-17(10-15)29-3/h5-14,21H,1-4H3,(H,27,28)/b9-8+,25-13+. The van der Waals surface area contributed by atoms with E-state index in [0.29, 0.717) is 21.5 Å². The van der Waals surface area contributed by atoms with Gasteiger partial charge in [-0.2, -0.15) is 0 Å². The Hall–Kier alpha value is -3.13. The van der Waals surface area contributed by atoms with Crippen molar-refractivity contribution >= 4 is 40.2 Å². The number of carbonyl (C=O) groups excluding carboxylic acids is 1. The third-order valence-electron chi connectivity index (χ3n) is 4.23. The van der Waals surface area contributed by atoms with Gasteiger partial charge in [0.15, 0.2) is 11.5 Å². The molecule has 0 aliphatic heterocycles. The predicted molar refractivity (Wildman–Crippen MR) is 122 cm³/mol. The third-order valence-corrected chi connectivity index (χ3v) is 4.82. The topological polar surface area (TPSA) is 94.4 Å². The molecule has 2 aromatic carbocycles. The molecule has 0 aliphatic carbocycles. The van der Waals surface area contributed by atoms with Crippen molar-refractivity contribution in [2.24, 2.45) is 10.9 Å². The number of rotatable bonds is 9. The number of hydrogen-bond acceptors (Lipinski definition) is 6. The number of carboxylic acid groups (broad SMARTS) is 1. The molecule has 0 aromatic heterocycles. The number of hydrogen-bond donors (Lipinski definition) is 1. The zero-order valence-electron chi connectivity index (χ0n) is 17.7. The molecular formula is C23H24BrNO6. The van der Waals surface area contributed by atoms with Crippen LogP contribution in [0.1, 0.15) is 25.0 Å². The van der Waals surface area contributed by atoms with E-state index in [-0.39, 0.29) is 11.7 Å². The lowest BCUT2D eigenvalue weighted by atomic mass is 10.1. The molecule has 0 spiro atoms. The summed E-state index contributed by atoms with van der Waals surface area (Å²) in [6.45, 7) is 3.57. The van der Waals surface area contributed by atoms with Crippen LogP contribution in [0.3, 0.4) is 0 Å². The number of aliphatic carboxylic acids is 1. The fourth-order valence-electron chi connectivity index (χ4n) is 2.64. The molecule has 0 heterocycles. The van der Waals surface area contributed by atoms with Gasteiger partial charge in [-0.05, 0) is 63.3 Å².